The molecule has 1 N–H and O–H groups in total. The van der Waals surface area contributed by atoms with Crippen LogP contribution in [-0.4, -0.2) is 30.4 Å². The standard InChI is InChI=1S/C10H18ClNO3/c1-3-15-10(14)8(2)12-9(13)6-4-5-7-11/h8H,3-7H2,1-2H3,(H,12,13). The van der Waals surface area contributed by atoms with Crippen molar-refractivity contribution in [1.82, 2.24) is 5.32 Å². The third-order valence-corrected chi connectivity index (χ3v) is 2.07. The second-order valence-electron chi connectivity index (χ2n) is 3.19. The molecule has 1 atom stereocenters. The van der Waals surface area contributed by atoms with Gasteiger partial charge in [-0.15, -0.1) is 11.6 Å². The van der Waals surface area contributed by atoms with Gasteiger partial charge in [-0.2, -0.15) is 0 Å². The molecule has 0 bridgehead atoms. The van der Waals surface area contributed by atoms with Crippen LogP contribution in [0.1, 0.15) is 33.1 Å². The third kappa shape index (κ3) is 7.19. The number of alkyl halides is 1. The van der Waals surface area contributed by atoms with Gasteiger partial charge in [-0.3, -0.25) is 4.79 Å². The van der Waals surface area contributed by atoms with Crippen LogP contribution in [0.15, 0.2) is 0 Å². The van der Waals surface area contributed by atoms with Crippen LogP contribution in [0.5, 0.6) is 0 Å². The zero-order valence-electron chi connectivity index (χ0n) is 9.22. The minimum absolute atomic E-state index is 0.138. The highest BCUT2D eigenvalue weighted by Crippen LogP contribution is 1.98. The summed E-state index contributed by atoms with van der Waals surface area (Å²) >= 11 is 5.48. The van der Waals surface area contributed by atoms with Gasteiger partial charge in [0.15, 0.2) is 0 Å². The molecule has 0 saturated carbocycles. The Morgan fingerprint density at radius 2 is 2.07 bits per heavy atom. The Balaban J connectivity index is 3.70. The van der Waals surface area contributed by atoms with Crippen LogP contribution in [0.25, 0.3) is 0 Å². The summed E-state index contributed by atoms with van der Waals surface area (Å²) in [5.74, 6) is 0.0182. The Hall–Kier alpha value is -0.770. The van der Waals surface area contributed by atoms with E-state index in [1.165, 1.54) is 0 Å². The van der Waals surface area contributed by atoms with Crippen molar-refractivity contribution in [1.29, 1.82) is 0 Å². The lowest BCUT2D eigenvalue weighted by Crippen LogP contribution is -2.39. The van der Waals surface area contributed by atoms with Crippen molar-refractivity contribution >= 4 is 23.5 Å². The van der Waals surface area contributed by atoms with E-state index in [9.17, 15) is 9.59 Å². The molecule has 0 heterocycles. The number of hydrogen-bond acceptors (Lipinski definition) is 3. The van der Waals surface area contributed by atoms with Crippen molar-refractivity contribution in [3.8, 4) is 0 Å². The van der Waals surface area contributed by atoms with Gasteiger partial charge in [0.05, 0.1) is 6.61 Å². The molecule has 1 unspecified atom stereocenters. The van der Waals surface area contributed by atoms with Crippen molar-refractivity contribution in [3.63, 3.8) is 0 Å². The van der Waals surface area contributed by atoms with Gasteiger partial charge in [0.1, 0.15) is 6.04 Å². The zero-order chi connectivity index (χ0) is 11.7. The Morgan fingerprint density at radius 1 is 1.40 bits per heavy atom. The molecule has 1 amide bonds. The second kappa shape index (κ2) is 8.53. The van der Waals surface area contributed by atoms with Crippen LogP contribution in [0.3, 0.4) is 0 Å². The second-order valence-corrected chi connectivity index (χ2v) is 3.57. The number of ether oxygens (including phenoxy) is 1. The van der Waals surface area contributed by atoms with Gasteiger partial charge < -0.3 is 10.1 Å². The number of hydrogen-bond donors (Lipinski definition) is 1. The molecule has 0 aliphatic carbocycles. The quantitative estimate of drug-likeness (QED) is 0.413. The molecule has 0 radical (unpaired) electrons. The largest absolute Gasteiger partial charge is 0.464 e. The van der Waals surface area contributed by atoms with E-state index in [0.717, 1.165) is 12.8 Å². The lowest BCUT2D eigenvalue weighted by atomic mass is 10.2. The minimum atomic E-state index is -0.576. The molecule has 0 spiro atoms. The summed E-state index contributed by atoms with van der Waals surface area (Å²) < 4.78 is 4.76. The first-order chi connectivity index (χ1) is 7.11. The Labute approximate surface area is 95.3 Å². The van der Waals surface area contributed by atoms with Gasteiger partial charge in [-0.25, -0.2) is 4.79 Å². The minimum Gasteiger partial charge on any atom is -0.464 e. The summed E-state index contributed by atoms with van der Waals surface area (Å²) in [6, 6.07) is -0.576. The van der Waals surface area contributed by atoms with Crippen LogP contribution in [0.2, 0.25) is 0 Å². The van der Waals surface area contributed by atoms with Gasteiger partial charge >= 0.3 is 5.97 Å². The van der Waals surface area contributed by atoms with Crippen LogP contribution >= 0.6 is 11.6 Å². The molecule has 4 nitrogen and oxygen atoms in total. The molecule has 0 aromatic rings. The lowest BCUT2D eigenvalue weighted by Gasteiger charge is -2.12. The van der Waals surface area contributed by atoms with E-state index in [2.05, 4.69) is 5.32 Å². The first-order valence-corrected chi connectivity index (χ1v) is 5.67. The fraction of sp³-hybridized carbons (Fsp3) is 0.800. The number of unbranched alkanes of at least 4 members (excludes halogenated alkanes) is 1. The molecule has 5 heteroatoms. The van der Waals surface area contributed by atoms with Gasteiger partial charge in [-0.1, -0.05) is 0 Å². The van der Waals surface area contributed by atoms with E-state index in [-0.39, 0.29) is 5.91 Å². The summed E-state index contributed by atoms with van der Waals surface area (Å²) in [6.45, 7) is 3.66. The molecule has 88 valence electrons. The highest BCUT2D eigenvalue weighted by molar-refractivity contribution is 6.17. The molecule has 0 rings (SSSR count). The number of amides is 1. The summed E-state index contributed by atoms with van der Waals surface area (Å²) in [7, 11) is 0. The van der Waals surface area contributed by atoms with Crippen molar-refractivity contribution in [2.24, 2.45) is 0 Å². The molecule has 0 aromatic heterocycles. The first kappa shape index (κ1) is 14.2. The number of carbonyl (C=O) groups excluding carboxylic acids is 2. The van der Waals surface area contributed by atoms with Crippen LogP contribution in [0, 0.1) is 0 Å². The number of carbonyl (C=O) groups is 2. The first-order valence-electron chi connectivity index (χ1n) is 5.13. The van der Waals surface area contributed by atoms with E-state index in [1.54, 1.807) is 13.8 Å². The number of esters is 1. The molecule has 0 aromatic carbocycles. The van der Waals surface area contributed by atoms with Crippen LogP contribution < -0.4 is 5.32 Å². The third-order valence-electron chi connectivity index (χ3n) is 1.81. The molecular formula is C10H18ClNO3. The molecule has 0 saturated heterocycles. The maximum atomic E-state index is 11.3. The smallest absolute Gasteiger partial charge is 0.328 e. The highest BCUT2D eigenvalue weighted by atomic mass is 35.5. The SMILES string of the molecule is CCOC(=O)C(C)NC(=O)CCCCCl. The number of nitrogens with one attached hydrogen (secondary N) is 1. The predicted octanol–water partition coefficient (Wildman–Crippen LogP) is 1.46. The Morgan fingerprint density at radius 3 is 2.60 bits per heavy atom. The molecule has 0 aliphatic heterocycles. The highest BCUT2D eigenvalue weighted by Gasteiger charge is 2.15. The van der Waals surface area contributed by atoms with Gasteiger partial charge in [0.2, 0.25) is 5.91 Å². The average Bonchev–Trinajstić information content (AvgIpc) is 2.18. The van der Waals surface area contributed by atoms with Crippen molar-refractivity contribution < 1.29 is 14.3 Å². The van der Waals surface area contributed by atoms with E-state index < -0.39 is 12.0 Å². The maximum absolute atomic E-state index is 11.3. The summed E-state index contributed by atoms with van der Waals surface area (Å²) in [4.78, 5) is 22.4. The summed E-state index contributed by atoms with van der Waals surface area (Å²) in [5.41, 5.74) is 0. The average molecular weight is 236 g/mol. The Kier molecular flexibility index (Phi) is 8.09. The van der Waals surface area contributed by atoms with E-state index in [0.29, 0.717) is 18.9 Å². The van der Waals surface area contributed by atoms with Gasteiger partial charge in [0.25, 0.3) is 0 Å². The van der Waals surface area contributed by atoms with E-state index >= 15 is 0 Å². The van der Waals surface area contributed by atoms with Crippen molar-refractivity contribution in [2.45, 2.75) is 39.2 Å². The monoisotopic (exact) mass is 235 g/mol. The van der Waals surface area contributed by atoms with Crippen molar-refractivity contribution in [3.05, 3.63) is 0 Å². The lowest BCUT2D eigenvalue weighted by molar-refractivity contribution is -0.146. The van der Waals surface area contributed by atoms with Crippen LogP contribution in [0.4, 0.5) is 0 Å². The number of halogens is 1. The van der Waals surface area contributed by atoms with Crippen molar-refractivity contribution in [2.75, 3.05) is 12.5 Å². The summed E-state index contributed by atoms with van der Waals surface area (Å²) in [5, 5.41) is 2.57. The maximum Gasteiger partial charge on any atom is 0.328 e. The zero-order valence-corrected chi connectivity index (χ0v) is 9.97. The predicted molar refractivity (Wildman–Crippen MR) is 58.8 cm³/mol. The molecular weight excluding hydrogens is 218 g/mol. The fourth-order valence-electron chi connectivity index (χ4n) is 1.02. The summed E-state index contributed by atoms with van der Waals surface area (Å²) in [6.07, 6.45) is 1.95. The normalized spacial score (nSPS) is 11.9. The fourth-order valence-corrected chi connectivity index (χ4v) is 1.21. The molecule has 0 aliphatic rings. The molecule has 15 heavy (non-hydrogen) atoms. The topological polar surface area (TPSA) is 55.4 Å². The molecule has 0 fully saturated rings. The number of rotatable bonds is 7. The van der Waals surface area contributed by atoms with E-state index in [4.69, 9.17) is 16.3 Å². The van der Waals surface area contributed by atoms with Crippen LogP contribution in [-0.2, 0) is 14.3 Å². The van der Waals surface area contributed by atoms with Gasteiger partial charge in [0, 0.05) is 12.3 Å². The van der Waals surface area contributed by atoms with Gasteiger partial charge in [-0.05, 0) is 26.7 Å². The Bertz CT molecular complexity index is 209. The van der Waals surface area contributed by atoms with E-state index in [1.807, 2.05) is 0 Å².